The number of morpholine rings is 1. The van der Waals surface area contributed by atoms with Gasteiger partial charge in [-0.1, -0.05) is 6.07 Å². The van der Waals surface area contributed by atoms with Crippen LogP contribution in [0.4, 0.5) is 17.5 Å². The van der Waals surface area contributed by atoms with Crippen molar-refractivity contribution in [3.8, 4) is 0 Å². The van der Waals surface area contributed by atoms with E-state index in [1.807, 2.05) is 18.3 Å². The summed E-state index contributed by atoms with van der Waals surface area (Å²) in [6.07, 6.45) is 5.61. The van der Waals surface area contributed by atoms with Gasteiger partial charge in [-0.25, -0.2) is 0 Å². The number of hydrogen-bond donors (Lipinski definition) is 3. The van der Waals surface area contributed by atoms with Crippen molar-refractivity contribution in [2.24, 2.45) is 5.73 Å². The Morgan fingerprint density at radius 2 is 1.89 bits per heavy atom. The maximum atomic E-state index is 12.7. The SMILES string of the molecule is NC(=O)c1nnc(N2CCC[C@@H](NCc3cccnc3)C2)nc1Nc1ccc(C(=O)N2CCOCC2)cc1. The molecule has 2 aliphatic heterocycles. The van der Waals surface area contributed by atoms with Crippen LogP contribution in [0.5, 0.6) is 0 Å². The predicted molar refractivity (Wildman–Crippen MR) is 141 cm³/mol. The van der Waals surface area contributed by atoms with E-state index in [-0.39, 0.29) is 23.5 Å². The third-order valence-electron chi connectivity index (χ3n) is 6.62. The van der Waals surface area contributed by atoms with E-state index in [4.69, 9.17) is 10.5 Å². The molecule has 0 aliphatic carbocycles. The standard InChI is InChI=1S/C26H31N9O3/c27-23(36)22-24(30-20-7-5-19(6-8-20)25(37)34-11-13-38-14-12-34)31-26(33-32-22)35-10-2-4-21(17-35)29-16-18-3-1-9-28-15-18/h1,3,5-9,15,21,29H,2,4,10-14,16-17H2,(H2,27,36)(H,30,31,33)/t21-/m1/s1. The minimum atomic E-state index is -0.729. The molecule has 0 saturated carbocycles. The Kier molecular flexibility index (Phi) is 8.00. The van der Waals surface area contributed by atoms with Crippen LogP contribution in [-0.2, 0) is 11.3 Å². The van der Waals surface area contributed by atoms with Gasteiger partial charge < -0.3 is 30.9 Å². The minimum Gasteiger partial charge on any atom is -0.378 e. The Balaban J connectivity index is 1.27. The van der Waals surface area contributed by atoms with Crippen molar-refractivity contribution in [2.75, 3.05) is 49.6 Å². The van der Waals surface area contributed by atoms with Crippen molar-refractivity contribution >= 4 is 29.3 Å². The average Bonchev–Trinajstić information content (AvgIpc) is 2.97. The van der Waals surface area contributed by atoms with E-state index in [2.05, 4.69) is 35.7 Å². The van der Waals surface area contributed by atoms with Gasteiger partial charge in [-0.05, 0) is 48.7 Å². The number of primary amides is 1. The summed E-state index contributed by atoms with van der Waals surface area (Å²) in [5.74, 6) is -0.127. The Morgan fingerprint density at radius 1 is 1.08 bits per heavy atom. The van der Waals surface area contributed by atoms with Gasteiger partial charge in [0.1, 0.15) is 0 Å². The third kappa shape index (κ3) is 6.21. The molecule has 12 heteroatoms. The Morgan fingerprint density at radius 3 is 2.63 bits per heavy atom. The summed E-state index contributed by atoms with van der Waals surface area (Å²) in [5, 5.41) is 15.0. The molecule has 4 heterocycles. The van der Waals surface area contributed by atoms with E-state index in [1.54, 1.807) is 35.4 Å². The highest BCUT2D eigenvalue weighted by molar-refractivity contribution is 5.97. The fraction of sp³-hybridized carbons (Fsp3) is 0.385. The van der Waals surface area contributed by atoms with E-state index in [9.17, 15) is 9.59 Å². The number of hydrogen-bond acceptors (Lipinski definition) is 10. The molecule has 4 N–H and O–H groups in total. The number of aromatic nitrogens is 4. The maximum absolute atomic E-state index is 12.7. The van der Waals surface area contributed by atoms with Crippen LogP contribution in [-0.4, -0.2) is 82.3 Å². The van der Waals surface area contributed by atoms with Gasteiger partial charge >= 0.3 is 0 Å². The van der Waals surface area contributed by atoms with Crippen LogP contribution < -0.4 is 21.3 Å². The topological polar surface area (TPSA) is 151 Å². The lowest BCUT2D eigenvalue weighted by atomic mass is 10.1. The molecule has 1 aromatic carbocycles. The smallest absolute Gasteiger partial charge is 0.273 e. The number of benzene rings is 1. The van der Waals surface area contributed by atoms with E-state index in [0.29, 0.717) is 50.0 Å². The van der Waals surface area contributed by atoms with E-state index < -0.39 is 5.91 Å². The monoisotopic (exact) mass is 517 g/mol. The van der Waals surface area contributed by atoms with Crippen molar-refractivity contribution < 1.29 is 14.3 Å². The van der Waals surface area contributed by atoms with Gasteiger partial charge in [0.15, 0.2) is 11.5 Å². The molecular formula is C26H31N9O3. The van der Waals surface area contributed by atoms with Gasteiger partial charge in [-0.3, -0.25) is 14.6 Å². The zero-order valence-corrected chi connectivity index (χ0v) is 21.0. The molecule has 0 spiro atoms. The second-order valence-corrected chi connectivity index (χ2v) is 9.31. The number of carbonyl (C=O) groups is 2. The van der Waals surface area contributed by atoms with Gasteiger partial charge in [0.2, 0.25) is 5.95 Å². The lowest BCUT2D eigenvalue weighted by Gasteiger charge is -2.33. The second kappa shape index (κ2) is 11.9. The fourth-order valence-electron chi connectivity index (χ4n) is 4.58. The van der Waals surface area contributed by atoms with E-state index in [1.165, 1.54) is 0 Å². The van der Waals surface area contributed by atoms with Crippen molar-refractivity contribution in [3.05, 3.63) is 65.6 Å². The van der Waals surface area contributed by atoms with Gasteiger partial charge in [0.05, 0.1) is 13.2 Å². The summed E-state index contributed by atoms with van der Waals surface area (Å²) < 4.78 is 5.32. The van der Waals surface area contributed by atoms with Crippen LogP contribution in [0.3, 0.4) is 0 Å². The molecule has 2 fully saturated rings. The summed E-state index contributed by atoms with van der Waals surface area (Å²) in [6.45, 7) is 4.45. The Hall–Kier alpha value is -4.16. The van der Waals surface area contributed by atoms with Crippen molar-refractivity contribution in [3.63, 3.8) is 0 Å². The summed E-state index contributed by atoms with van der Waals surface area (Å²) in [7, 11) is 0. The fourth-order valence-corrected chi connectivity index (χ4v) is 4.58. The highest BCUT2D eigenvalue weighted by atomic mass is 16.5. The first-order valence-electron chi connectivity index (χ1n) is 12.7. The van der Waals surface area contributed by atoms with Gasteiger partial charge in [-0.2, -0.15) is 4.98 Å². The third-order valence-corrected chi connectivity index (χ3v) is 6.62. The summed E-state index contributed by atoms with van der Waals surface area (Å²) in [6, 6.07) is 11.2. The minimum absolute atomic E-state index is 0.0412. The molecule has 0 bridgehead atoms. The van der Waals surface area contributed by atoms with Crippen LogP contribution in [0, 0.1) is 0 Å². The van der Waals surface area contributed by atoms with Crippen LogP contribution in [0.15, 0.2) is 48.8 Å². The molecular weight excluding hydrogens is 486 g/mol. The lowest BCUT2D eigenvalue weighted by molar-refractivity contribution is 0.0303. The lowest BCUT2D eigenvalue weighted by Crippen LogP contribution is -2.46. The largest absolute Gasteiger partial charge is 0.378 e. The van der Waals surface area contributed by atoms with E-state index >= 15 is 0 Å². The molecule has 1 atom stereocenters. The van der Waals surface area contributed by atoms with Crippen molar-refractivity contribution in [1.82, 2.24) is 30.4 Å². The molecule has 38 heavy (non-hydrogen) atoms. The molecule has 3 aromatic rings. The molecule has 5 rings (SSSR count). The number of ether oxygens (including phenoxy) is 1. The maximum Gasteiger partial charge on any atom is 0.273 e. The molecule has 2 aliphatic rings. The summed E-state index contributed by atoms with van der Waals surface area (Å²) >= 11 is 0. The quantitative estimate of drug-likeness (QED) is 0.399. The first kappa shape index (κ1) is 25.5. The Labute approximate surface area is 220 Å². The first-order valence-corrected chi connectivity index (χ1v) is 12.7. The first-order chi connectivity index (χ1) is 18.6. The number of anilines is 3. The second-order valence-electron chi connectivity index (χ2n) is 9.31. The van der Waals surface area contributed by atoms with Crippen LogP contribution >= 0.6 is 0 Å². The van der Waals surface area contributed by atoms with E-state index in [0.717, 1.165) is 31.5 Å². The molecule has 2 aromatic heterocycles. The normalized spacial score (nSPS) is 17.7. The highest BCUT2D eigenvalue weighted by Crippen LogP contribution is 2.22. The number of rotatable bonds is 8. The van der Waals surface area contributed by atoms with Gasteiger partial charge in [0, 0.05) is 62.4 Å². The molecule has 2 saturated heterocycles. The number of pyridine rings is 1. The number of piperidine rings is 1. The highest BCUT2D eigenvalue weighted by Gasteiger charge is 2.24. The predicted octanol–water partition coefficient (Wildman–Crippen LogP) is 1.34. The Bertz CT molecular complexity index is 1250. The summed E-state index contributed by atoms with van der Waals surface area (Å²) in [5.41, 5.74) is 7.84. The number of nitrogens with one attached hydrogen (secondary N) is 2. The number of amides is 2. The van der Waals surface area contributed by atoms with Crippen LogP contribution in [0.1, 0.15) is 39.3 Å². The average molecular weight is 518 g/mol. The zero-order valence-electron chi connectivity index (χ0n) is 21.0. The zero-order chi connectivity index (χ0) is 26.3. The van der Waals surface area contributed by atoms with Crippen LogP contribution in [0.2, 0.25) is 0 Å². The van der Waals surface area contributed by atoms with Gasteiger partial charge in [0.25, 0.3) is 11.8 Å². The summed E-state index contributed by atoms with van der Waals surface area (Å²) in [4.78, 5) is 37.4. The van der Waals surface area contributed by atoms with Crippen molar-refractivity contribution in [1.29, 1.82) is 0 Å². The van der Waals surface area contributed by atoms with Gasteiger partial charge in [-0.15, -0.1) is 10.2 Å². The number of nitrogens with two attached hydrogens (primary N) is 1. The molecule has 0 radical (unpaired) electrons. The number of carbonyl (C=O) groups excluding carboxylic acids is 2. The molecule has 2 amide bonds. The van der Waals surface area contributed by atoms with Crippen LogP contribution in [0.25, 0.3) is 0 Å². The molecule has 198 valence electrons. The number of nitrogens with zero attached hydrogens (tertiary/aromatic N) is 6. The van der Waals surface area contributed by atoms with Crippen molar-refractivity contribution in [2.45, 2.75) is 25.4 Å². The molecule has 0 unspecified atom stereocenters. The molecule has 12 nitrogen and oxygen atoms in total.